The van der Waals surface area contributed by atoms with Gasteiger partial charge in [0.2, 0.25) is 6.79 Å². The van der Waals surface area contributed by atoms with Crippen molar-refractivity contribution in [2.24, 2.45) is 39.7 Å². The molecule has 1 aromatic heterocycles. The van der Waals surface area contributed by atoms with Crippen molar-refractivity contribution in [3.8, 4) is 0 Å². The summed E-state index contributed by atoms with van der Waals surface area (Å²) in [6.45, 7) is 7.87. The second-order valence-corrected chi connectivity index (χ2v) is 11.9. The zero-order valence-electron chi connectivity index (χ0n) is 22.4. The summed E-state index contributed by atoms with van der Waals surface area (Å²) in [7, 11) is 0. The molecule has 0 radical (unpaired) electrons. The normalized spacial score (nSPS) is 33.5. The van der Waals surface area contributed by atoms with Gasteiger partial charge >= 0.3 is 12.1 Å². The molecule has 2 fully saturated rings. The van der Waals surface area contributed by atoms with Gasteiger partial charge in [0.25, 0.3) is 0 Å². The number of fused-ring (bicyclic) bond motifs is 5. The van der Waals surface area contributed by atoms with Crippen LogP contribution in [-0.2, 0) is 19.1 Å². The van der Waals surface area contributed by atoms with Crippen LogP contribution < -0.4 is 0 Å². The van der Waals surface area contributed by atoms with Gasteiger partial charge in [0.1, 0.15) is 0 Å². The van der Waals surface area contributed by atoms with E-state index < -0.39 is 18.9 Å². The van der Waals surface area contributed by atoms with Crippen LogP contribution in [0.25, 0.3) is 5.57 Å². The Morgan fingerprint density at radius 2 is 1.95 bits per heavy atom. The van der Waals surface area contributed by atoms with Gasteiger partial charge in [-0.15, -0.1) is 0 Å². The average molecular weight is 507 g/mol. The van der Waals surface area contributed by atoms with E-state index in [1.807, 2.05) is 18.5 Å². The van der Waals surface area contributed by atoms with Crippen molar-refractivity contribution < 1.29 is 23.9 Å². The molecule has 1 aromatic rings. The summed E-state index contributed by atoms with van der Waals surface area (Å²) in [6.07, 6.45) is 15.2. The largest absolute Gasteiger partial charge is 0.538 e. The average Bonchev–Trinajstić information content (AvgIpc) is 3.25. The van der Waals surface area contributed by atoms with Crippen molar-refractivity contribution in [3.63, 3.8) is 0 Å². The topological polar surface area (TPSA) is 87.1 Å². The highest BCUT2D eigenvalue weighted by atomic mass is 16.8. The van der Waals surface area contributed by atoms with Crippen LogP contribution in [0.1, 0.15) is 78.2 Å². The van der Waals surface area contributed by atoms with Crippen LogP contribution in [0.15, 0.2) is 47.4 Å². The molecule has 0 amide bonds. The monoisotopic (exact) mass is 506 g/mol. The molecule has 198 valence electrons. The van der Waals surface area contributed by atoms with Gasteiger partial charge < -0.3 is 9.47 Å². The molecular formula is C30H38N2O5. The van der Waals surface area contributed by atoms with Crippen LogP contribution in [0.2, 0.25) is 0 Å². The maximum absolute atomic E-state index is 11.9. The number of esters is 1. The summed E-state index contributed by atoms with van der Waals surface area (Å²) in [5.74, 6) is 1.33. The first-order valence-electron chi connectivity index (χ1n) is 13.6. The van der Waals surface area contributed by atoms with Crippen LogP contribution >= 0.6 is 0 Å². The van der Waals surface area contributed by atoms with Gasteiger partial charge in [0, 0.05) is 12.4 Å². The number of oxime groups is 1. The summed E-state index contributed by atoms with van der Waals surface area (Å²) < 4.78 is 9.64. The number of allylic oxidation sites excluding steroid dienone is 4. The van der Waals surface area contributed by atoms with Gasteiger partial charge in [0.15, 0.2) is 0 Å². The van der Waals surface area contributed by atoms with Crippen LogP contribution in [0, 0.1) is 34.5 Å². The summed E-state index contributed by atoms with van der Waals surface area (Å²) in [4.78, 5) is 32.7. The Balaban J connectivity index is 1.23. The van der Waals surface area contributed by atoms with Gasteiger partial charge in [-0.1, -0.05) is 50.6 Å². The molecule has 37 heavy (non-hydrogen) atoms. The Bertz CT molecular complexity index is 1140. The predicted octanol–water partition coefficient (Wildman–Crippen LogP) is 6.70. The second kappa shape index (κ2) is 10.1. The lowest BCUT2D eigenvalue weighted by Crippen LogP contribution is -2.49. The molecule has 0 aromatic carbocycles. The zero-order chi connectivity index (χ0) is 26.2. The minimum atomic E-state index is -0.968. The zero-order valence-corrected chi connectivity index (χ0v) is 22.4. The van der Waals surface area contributed by atoms with Gasteiger partial charge in [-0.25, -0.2) is 4.79 Å². The van der Waals surface area contributed by atoms with Crippen LogP contribution in [0.4, 0.5) is 4.79 Å². The van der Waals surface area contributed by atoms with E-state index in [9.17, 15) is 9.59 Å². The third kappa shape index (κ3) is 4.73. The molecule has 0 bridgehead atoms. The molecule has 0 unspecified atom stereocenters. The molecular weight excluding hydrogens is 468 g/mol. The number of rotatable bonds is 5. The molecule has 7 heteroatoms. The number of ether oxygens (including phenoxy) is 2. The summed E-state index contributed by atoms with van der Waals surface area (Å²) in [5, 5.41) is 4.06. The molecule has 2 saturated carbocycles. The first-order chi connectivity index (χ1) is 17.7. The van der Waals surface area contributed by atoms with E-state index >= 15 is 0 Å². The van der Waals surface area contributed by atoms with E-state index in [-0.39, 0.29) is 16.7 Å². The fourth-order valence-electron chi connectivity index (χ4n) is 7.60. The molecule has 0 spiro atoms. The third-order valence-corrected chi connectivity index (χ3v) is 9.62. The number of pyridine rings is 1. The lowest BCUT2D eigenvalue weighted by Gasteiger charge is -2.58. The van der Waals surface area contributed by atoms with E-state index in [2.05, 4.69) is 42.2 Å². The van der Waals surface area contributed by atoms with Crippen LogP contribution in [-0.4, -0.2) is 29.6 Å². The Morgan fingerprint density at radius 1 is 1.11 bits per heavy atom. The maximum Gasteiger partial charge on any atom is 0.538 e. The van der Waals surface area contributed by atoms with Gasteiger partial charge in [-0.3, -0.25) is 14.6 Å². The Hall–Kier alpha value is -2.96. The van der Waals surface area contributed by atoms with Crippen LogP contribution in [0.3, 0.4) is 0 Å². The molecule has 1 heterocycles. The molecule has 0 saturated heterocycles. The summed E-state index contributed by atoms with van der Waals surface area (Å²) in [5.41, 5.74) is 5.36. The van der Waals surface area contributed by atoms with Gasteiger partial charge in [-0.2, -0.15) is 0 Å². The number of hydrogen-bond donors (Lipinski definition) is 0. The van der Waals surface area contributed by atoms with E-state index in [4.69, 9.17) is 14.3 Å². The third-order valence-electron chi connectivity index (χ3n) is 9.62. The number of nitrogens with zero attached hydrogens (tertiary/aromatic N) is 2. The fourth-order valence-corrected chi connectivity index (χ4v) is 7.60. The van der Waals surface area contributed by atoms with Crippen molar-refractivity contribution >= 4 is 23.4 Å². The smallest absolute Gasteiger partial charge is 0.427 e. The van der Waals surface area contributed by atoms with Crippen molar-refractivity contribution in [3.05, 3.63) is 47.8 Å². The maximum atomic E-state index is 11.9. The predicted molar refractivity (Wildman–Crippen MR) is 140 cm³/mol. The highest BCUT2D eigenvalue weighted by Gasteiger charge is 2.57. The Morgan fingerprint density at radius 3 is 2.70 bits per heavy atom. The first kappa shape index (κ1) is 25.7. The Labute approximate surface area is 219 Å². The molecule has 5 rings (SSSR count). The van der Waals surface area contributed by atoms with E-state index in [0.717, 1.165) is 31.4 Å². The van der Waals surface area contributed by atoms with Crippen molar-refractivity contribution in [1.29, 1.82) is 0 Å². The number of carbonyl (C=O) groups is 2. The summed E-state index contributed by atoms with van der Waals surface area (Å²) in [6, 6.07) is 4.25. The first-order valence-corrected chi connectivity index (χ1v) is 13.6. The highest BCUT2D eigenvalue weighted by Crippen LogP contribution is 2.66. The van der Waals surface area contributed by atoms with Gasteiger partial charge in [0.05, 0.1) is 11.6 Å². The SMILES string of the molecule is CC(C)C(=O)OCOC(=O)ON=C1C=C2CC[C@H]3[C@H](CC[C@]4(C)C(c5cccnc5)=CC[C@@H]34)[C@@]2(C)CC1. The number of aromatic nitrogens is 1. The minimum Gasteiger partial charge on any atom is -0.427 e. The standard InChI is InChI=1S/C30H38N2O5/c1-19(2)27(33)35-18-36-28(34)37-32-22-11-13-29(3)21(16-22)7-8-23-25-10-9-24(20-6-5-15-31-17-20)30(25,4)14-12-26(23)29/h5-6,9,15-17,19,23,25-26H,7-8,10-14,18H2,1-4H3/t23-,25+,26+,29+,30-/m1/s1. The molecule has 4 aliphatic rings. The second-order valence-electron chi connectivity index (χ2n) is 11.9. The van der Waals surface area contributed by atoms with Crippen molar-refractivity contribution in [1.82, 2.24) is 4.98 Å². The molecule has 7 nitrogen and oxygen atoms in total. The Kier molecular flexibility index (Phi) is 6.99. The van der Waals surface area contributed by atoms with Crippen molar-refractivity contribution in [2.75, 3.05) is 6.79 Å². The van der Waals surface area contributed by atoms with Crippen molar-refractivity contribution in [2.45, 2.75) is 72.6 Å². The fraction of sp³-hybridized carbons (Fsp3) is 0.600. The highest BCUT2D eigenvalue weighted by molar-refractivity contribution is 5.96. The van der Waals surface area contributed by atoms with Crippen LogP contribution in [0.5, 0.6) is 0 Å². The van der Waals surface area contributed by atoms with Gasteiger partial charge in [-0.05, 0) is 96.8 Å². The molecule has 5 atom stereocenters. The van der Waals surface area contributed by atoms with E-state index in [1.54, 1.807) is 13.8 Å². The molecule has 0 N–H and O–H groups in total. The molecule has 0 aliphatic heterocycles. The molecule has 4 aliphatic carbocycles. The number of hydrogen-bond acceptors (Lipinski definition) is 7. The summed E-state index contributed by atoms with van der Waals surface area (Å²) >= 11 is 0. The number of carbonyl (C=O) groups excluding carboxylic acids is 2. The minimum absolute atomic E-state index is 0.159. The van der Waals surface area contributed by atoms with E-state index in [0.29, 0.717) is 17.8 Å². The quantitative estimate of drug-likeness (QED) is 0.191. The van der Waals surface area contributed by atoms with E-state index in [1.165, 1.54) is 36.0 Å². The lowest BCUT2D eigenvalue weighted by atomic mass is 9.46. The lowest BCUT2D eigenvalue weighted by molar-refractivity contribution is -0.157.